The van der Waals surface area contributed by atoms with Crippen molar-refractivity contribution in [1.82, 2.24) is 9.88 Å². The molecule has 3 aromatic rings. The molecule has 0 amide bonds. The van der Waals surface area contributed by atoms with Gasteiger partial charge in [0.2, 0.25) is 0 Å². The summed E-state index contributed by atoms with van der Waals surface area (Å²) >= 11 is 1.68. The highest BCUT2D eigenvalue weighted by molar-refractivity contribution is 7.13. The van der Waals surface area contributed by atoms with E-state index in [1.165, 1.54) is 29.5 Å². The molecule has 0 spiro atoms. The number of rotatable bonds is 4. The predicted molar refractivity (Wildman–Crippen MR) is 107 cm³/mol. The van der Waals surface area contributed by atoms with Crippen LogP contribution in [0.2, 0.25) is 0 Å². The van der Waals surface area contributed by atoms with Gasteiger partial charge in [-0.2, -0.15) is 0 Å². The lowest BCUT2D eigenvalue weighted by Crippen LogP contribution is -2.23. The lowest BCUT2D eigenvalue weighted by Gasteiger charge is -2.26. The molecular weight excluding hydrogens is 356 g/mol. The van der Waals surface area contributed by atoms with Crippen molar-refractivity contribution in [3.63, 3.8) is 0 Å². The van der Waals surface area contributed by atoms with Gasteiger partial charge in [-0.3, -0.25) is 4.90 Å². The van der Waals surface area contributed by atoms with Gasteiger partial charge in [-0.1, -0.05) is 30.3 Å². The van der Waals surface area contributed by atoms with Crippen LogP contribution in [0, 0.1) is 0 Å². The number of nitrogens with zero attached hydrogens (tertiary/aromatic N) is 2. The molecule has 0 aliphatic carbocycles. The molecule has 4 nitrogen and oxygen atoms in total. The quantitative estimate of drug-likeness (QED) is 0.645. The van der Waals surface area contributed by atoms with Gasteiger partial charge in [0.1, 0.15) is 18.2 Å². The molecule has 0 saturated carbocycles. The second-order valence-corrected chi connectivity index (χ2v) is 7.96. The van der Waals surface area contributed by atoms with Gasteiger partial charge in [-0.05, 0) is 42.6 Å². The van der Waals surface area contributed by atoms with E-state index in [1.807, 2.05) is 11.6 Å². The van der Waals surface area contributed by atoms with Gasteiger partial charge in [-0.25, -0.2) is 4.98 Å². The van der Waals surface area contributed by atoms with Crippen LogP contribution < -0.4 is 9.47 Å². The monoisotopic (exact) mass is 378 g/mol. The molecule has 5 heteroatoms. The Labute approximate surface area is 163 Å². The van der Waals surface area contributed by atoms with Crippen LogP contribution in [-0.2, 0) is 6.54 Å². The fraction of sp³-hybridized carbons (Fsp3) is 0.318. The fourth-order valence-corrected chi connectivity index (χ4v) is 4.66. The number of fused-ring (bicyclic) bond motifs is 1. The summed E-state index contributed by atoms with van der Waals surface area (Å²) in [7, 11) is 0. The number of likely N-dealkylation sites (tertiary alicyclic amines) is 1. The van der Waals surface area contributed by atoms with Crippen molar-refractivity contribution < 1.29 is 9.47 Å². The Hall–Kier alpha value is -2.37. The average Bonchev–Trinajstić information content (AvgIpc) is 3.40. The zero-order valence-corrected chi connectivity index (χ0v) is 16.0. The maximum atomic E-state index is 5.78. The van der Waals surface area contributed by atoms with Crippen LogP contribution in [0.4, 0.5) is 0 Å². The number of hydrogen-bond donors (Lipinski definition) is 0. The van der Waals surface area contributed by atoms with E-state index in [-0.39, 0.29) is 0 Å². The Morgan fingerprint density at radius 3 is 2.70 bits per heavy atom. The molecule has 5 rings (SSSR count). The number of ether oxygens (including phenoxy) is 2. The molecule has 0 bridgehead atoms. The van der Waals surface area contributed by atoms with Crippen LogP contribution in [0.5, 0.6) is 11.5 Å². The third-order valence-electron chi connectivity index (χ3n) is 5.33. The maximum absolute atomic E-state index is 5.78. The van der Waals surface area contributed by atoms with Crippen molar-refractivity contribution >= 4 is 11.3 Å². The number of hydrogen-bond acceptors (Lipinski definition) is 5. The summed E-state index contributed by atoms with van der Waals surface area (Å²) in [6.45, 7) is 3.37. The smallest absolute Gasteiger partial charge is 0.161 e. The summed E-state index contributed by atoms with van der Waals surface area (Å²) in [5.74, 6) is 1.76. The van der Waals surface area contributed by atoms with Gasteiger partial charge < -0.3 is 9.47 Å². The van der Waals surface area contributed by atoms with Gasteiger partial charge >= 0.3 is 0 Å². The summed E-state index contributed by atoms with van der Waals surface area (Å²) in [5, 5.41) is 3.10. The predicted octanol–water partition coefficient (Wildman–Crippen LogP) is 4.92. The highest BCUT2D eigenvalue weighted by Crippen LogP contribution is 2.38. The van der Waals surface area contributed by atoms with E-state index in [0.717, 1.165) is 29.6 Å². The molecule has 0 N–H and O–H groups in total. The Bertz CT molecular complexity index is 909. The van der Waals surface area contributed by atoms with Crippen LogP contribution in [0.15, 0.2) is 54.0 Å². The molecule has 138 valence electrons. The van der Waals surface area contributed by atoms with Crippen molar-refractivity contribution in [3.8, 4) is 22.1 Å². The molecule has 1 unspecified atom stereocenters. The Morgan fingerprint density at radius 1 is 1.04 bits per heavy atom. The molecule has 2 aliphatic rings. The third kappa shape index (κ3) is 3.45. The van der Waals surface area contributed by atoms with Crippen LogP contribution in [0.1, 0.15) is 30.0 Å². The van der Waals surface area contributed by atoms with E-state index < -0.39 is 0 Å². The van der Waals surface area contributed by atoms with Crippen LogP contribution in [-0.4, -0.2) is 29.6 Å². The number of aromatic nitrogens is 1. The summed E-state index contributed by atoms with van der Waals surface area (Å²) in [4.78, 5) is 6.97. The first kappa shape index (κ1) is 16.8. The fourth-order valence-electron chi connectivity index (χ4n) is 4.01. The summed E-state index contributed by atoms with van der Waals surface area (Å²) in [5.41, 5.74) is 3.87. The van der Waals surface area contributed by atoms with E-state index in [1.54, 1.807) is 11.3 Å². The second kappa shape index (κ2) is 7.33. The lowest BCUT2D eigenvalue weighted by molar-refractivity contribution is 0.170. The van der Waals surface area contributed by atoms with Crippen molar-refractivity contribution in [3.05, 3.63) is 65.2 Å². The highest BCUT2D eigenvalue weighted by Gasteiger charge is 2.27. The minimum atomic E-state index is 0.444. The standard InChI is InChI=1S/C22H22N2O2S/c1-2-19(18-7-8-20-21(14-18)26-12-11-25-20)24(10-1)15-16-3-5-17(6-4-16)22-23-9-13-27-22/h3-9,13-14,19H,1-2,10-12,15H2. The zero-order chi connectivity index (χ0) is 18.1. The second-order valence-electron chi connectivity index (χ2n) is 7.07. The Balaban J connectivity index is 1.33. The normalized spacial score (nSPS) is 19.3. The summed E-state index contributed by atoms with van der Waals surface area (Å²) in [6, 6.07) is 15.7. The van der Waals surface area contributed by atoms with Gasteiger partial charge in [0, 0.05) is 29.7 Å². The third-order valence-corrected chi connectivity index (χ3v) is 6.16. The van der Waals surface area contributed by atoms with Crippen molar-refractivity contribution in [2.45, 2.75) is 25.4 Å². The van der Waals surface area contributed by atoms with Crippen LogP contribution >= 0.6 is 11.3 Å². The van der Waals surface area contributed by atoms with Crippen molar-refractivity contribution in [2.24, 2.45) is 0 Å². The Kier molecular flexibility index (Phi) is 4.56. The maximum Gasteiger partial charge on any atom is 0.161 e. The van der Waals surface area contributed by atoms with Gasteiger partial charge in [0.25, 0.3) is 0 Å². The van der Waals surface area contributed by atoms with Gasteiger partial charge in [0.05, 0.1) is 0 Å². The molecule has 1 atom stereocenters. The van der Waals surface area contributed by atoms with Crippen LogP contribution in [0.25, 0.3) is 10.6 Å². The minimum Gasteiger partial charge on any atom is -0.486 e. The highest BCUT2D eigenvalue weighted by atomic mass is 32.1. The molecule has 1 saturated heterocycles. The number of benzene rings is 2. The van der Waals surface area contributed by atoms with Gasteiger partial charge in [-0.15, -0.1) is 11.3 Å². The zero-order valence-electron chi connectivity index (χ0n) is 15.1. The number of thiazole rings is 1. The molecule has 27 heavy (non-hydrogen) atoms. The minimum absolute atomic E-state index is 0.444. The SMILES string of the molecule is c1csc(-c2ccc(CN3CCCC3c3ccc4c(c3)OCCO4)cc2)n1. The summed E-state index contributed by atoms with van der Waals surface area (Å²) in [6.07, 6.45) is 4.28. The molecule has 3 heterocycles. The summed E-state index contributed by atoms with van der Waals surface area (Å²) < 4.78 is 11.4. The van der Waals surface area contributed by atoms with E-state index >= 15 is 0 Å². The average molecular weight is 378 g/mol. The van der Waals surface area contributed by atoms with E-state index in [2.05, 4.69) is 52.3 Å². The van der Waals surface area contributed by atoms with Gasteiger partial charge in [0.15, 0.2) is 11.5 Å². The lowest BCUT2D eigenvalue weighted by atomic mass is 10.0. The Morgan fingerprint density at radius 2 is 1.89 bits per heavy atom. The first-order chi connectivity index (χ1) is 13.4. The van der Waals surface area contributed by atoms with Crippen LogP contribution in [0.3, 0.4) is 0 Å². The van der Waals surface area contributed by atoms with E-state index in [9.17, 15) is 0 Å². The van der Waals surface area contributed by atoms with Crippen molar-refractivity contribution in [2.75, 3.05) is 19.8 Å². The molecule has 0 radical (unpaired) electrons. The first-order valence-electron chi connectivity index (χ1n) is 9.49. The van der Waals surface area contributed by atoms with E-state index in [4.69, 9.17) is 9.47 Å². The first-order valence-corrected chi connectivity index (χ1v) is 10.4. The van der Waals surface area contributed by atoms with E-state index in [0.29, 0.717) is 19.3 Å². The molecule has 2 aromatic carbocycles. The largest absolute Gasteiger partial charge is 0.486 e. The topological polar surface area (TPSA) is 34.6 Å². The molecule has 1 aromatic heterocycles. The molecule has 1 fully saturated rings. The van der Waals surface area contributed by atoms with Crippen molar-refractivity contribution in [1.29, 1.82) is 0 Å². The molecular formula is C22H22N2O2S. The molecule has 2 aliphatic heterocycles.